The van der Waals surface area contributed by atoms with Crippen LogP contribution in [0.5, 0.6) is 5.75 Å². The summed E-state index contributed by atoms with van der Waals surface area (Å²) in [5, 5.41) is 5.93. The van der Waals surface area contributed by atoms with Gasteiger partial charge in [-0.05, 0) is 37.4 Å². The number of amides is 1. The van der Waals surface area contributed by atoms with Gasteiger partial charge in [-0.2, -0.15) is 4.98 Å². The minimum atomic E-state index is -0.595. The fourth-order valence-electron chi connectivity index (χ4n) is 2.34. The third-order valence-corrected chi connectivity index (χ3v) is 4.50. The number of benzene rings is 1. The largest absolute Gasteiger partial charge is 0.481 e. The van der Waals surface area contributed by atoms with Gasteiger partial charge in [-0.15, -0.1) is 11.3 Å². The summed E-state index contributed by atoms with van der Waals surface area (Å²) in [7, 11) is 0. The summed E-state index contributed by atoms with van der Waals surface area (Å²) in [5.41, 5.74) is 0. The number of thiophene rings is 1. The molecular weight excluding hydrogens is 338 g/mol. The molecule has 1 atom stereocenters. The van der Waals surface area contributed by atoms with Crippen LogP contribution in [0.1, 0.15) is 19.7 Å². The van der Waals surface area contributed by atoms with E-state index >= 15 is 0 Å². The lowest BCUT2D eigenvalue weighted by atomic mass is 10.3. The van der Waals surface area contributed by atoms with Crippen molar-refractivity contribution in [1.29, 1.82) is 0 Å². The number of para-hydroxylation sites is 1. The van der Waals surface area contributed by atoms with Crippen molar-refractivity contribution in [2.24, 2.45) is 0 Å². The van der Waals surface area contributed by atoms with E-state index in [4.69, 9.17) is 9.26 Å². The first-order valence-corrected chi connectivity index (χ1v) is 8.92. The second-order valence-corrected chi connectivity index (χ2v) is 6.36. The maximum Gasteiger partial charge on any atom is 0.263 e. The predicted molar refractivity (Wildman–Crippen MR) is 95.2 cm³/mol. The molecule has 0 saturated heterocycles. The van der Waals surface area contributed by atoms with E-state index in [1.807, 2.05) is 54.8 Å². The number of hydrogen-bond donors (Lipinski definition) is 0. The number of hydrogen-bond acceptors (Lipinski definition) is 6. The first kappa shape index (κ1) is 17.2. The third-order valence-electron chi connectivity index (χ3n) is 3.63. The van der Waals surface area contributed by atoms with Gasteiger partial charge in [0.05, 0.1) is 4.88 Å². The van der Waals surface area contributed by atoms with Crippen molar-refractivity contribution in [3.8, 4) is 16.5 Å². The Kier molecular flexibility index (Phi) is 5.45. The second kappa shape index (κ2) is 7.94. The third kappa shape index (κ3) is 4.24. The number of ether oxygens (including phenoxy) is 1. The number of nitrogens with zero attached hydrogens (tertiary/aromatic N) is 3. The van der Waals surface area contributed by atoms with Crippen LogP contribution in [0.2, 0.25) is 0 Å². The van der Waals surface area contributed by atoms with Gasteiger partial charge in [0.1, 0.15) is 12.3 Å². The van der Waals surface area contributed by atoms with E-state index in [1.165, 1.54) is 0 Å². The smallest absolute Gasteiger partial charge is 0.263 e. The SMILES string of the molecule is CCN(Cc1nc(-c2cccs2)no1)C(=O)C(C)Oc1ccccc1. The van der Waals surface area contributed by atoms with Crippen molar-refractivity contribution in [2.45, 2.75) is 26.5 Å². The second-order valence-electron chi connectivity index (χ2n) is 5.41. The van der Waals surface area contributed by atoms with Gasteiger partial charge in [0.25, 0.3) is 5.91 Å². The summed E-state index contributed by atoms with van der Waals surface area (Å²) in [6.07, 6.45) is -0.595. The molecule has 0 aliphatic heterocycles. The molecule has 2 heterocycles. The molecule has 0 bridgehead atoms. The summed E-state index contributed by atoms with van der Waals surface area (Å²) in [4.78, 5) is 19.6. The molecule has 0 saturated carbocycles. The van der Waals surface area contributed by atoms with Crippen molar-refractivity contribution < 1.29 is 14.1 Å². The summed E-state index contributed by atoms with van der Waals surface area (Å²) in [5.74, 6) is 1.49. The van der Waals surface area contributed by atoms with Gasteiger partial charge in [0.2, 0.25) is 11.7 Å². The highest BCUT2D eigenvalue weighted by Crippen LogP contribution is 2.21. The lowest BCUT2D eigenvalue weighted by Crippen LogP contribution is -2.40. The van der Waals surface area contributed by atoms with Gasteiger partial charge in [-0.25, -0.2) is 0 Å². The quantitative estimate of drug-likeness (QED) is 0.646. The van der Waals surface area contributed by atoms with Crippen LogP contribution in [-0.4, -0.2) is 33.6 Å². The van der Waals surface area contributed by atoms with E-state index in [2.05, 4.69) is 10.1 Å². The van der Waals surface area contributed by atoms with E-state index in [0.717, 1.165) is 4.88 Å². The Labute approximate surface area is 150 Å². The number of carbonyl (C=O) groups excluding carboxylic acids is 1. The van der Waals surface area contributed by atoms with Crippen LogP contribution in [0, 0.1) is 0 Å². The van der Waals surface area contributed by atoms with E-state index in [1.54, 1.807) is 23.2 Å². The lowest BCUT2D eigenvalue weighted by Gasteiger charge is -2.23. The molecule has 1 amide bonds. The molecule has 130 valence electrons. The van der Waals surface area contributed by atoms with Crippen LogP contribution < -0.4 is 4.74 Å². The van der Waals surface area contributed by atoms with Crippen molar-refractivity contribution in [1.82, 2.24) is 15.0 Å². The van der Waals surface area contributed by atoms with E-state index in [-0.39, 0.29) is 12.5 Å². The highest BCUT2D eigenvalue weighted by Gasteiger charge is 2.23. The first-order valence-electron chi connectivity index (χ1n) is 8.04. The molecule has 0 N–H and O–H groups in total. The van der Waals surface area contributed by atoms with Crippen LogP contribution in [-0.2, 0) is 11.3 Å². The number of aromatic nitrogens is 2. The van der Waals surface area contributed by atoms with Crippen molar-refractivity contribution >= 4 is 17.2 Å². The van der Waals surface area contributed by atoms with Crippen LogP contribution >= 0.6 is 11.3 Å². The number of rotatable bonds is 7. The standard InChI is InChI=1S/C18H19N3O3S/c1-3-21(18(22)13(2)23-14-8-5-4-6-9-14)12-16-19-17(20-24-16)15-10-7-11-25-15/h4-11,13H,3,12H2,1-2H3. The first-order chi connectivity index (χ1) is 12.2. The monoisotopic (exact) mass is 357 g/mol. The Morgan fingerprint density at radius 1 is 1.28 bits per heavy atom. The molecule has 3 aromatic rings. The number of carbonyl (C=O) groups is 1. The zero-order valence-electron chi connectivity index (χ0n) is 14.1. The van der Waals surface area contributed by atoms with E-state index in [9.17, 15) is 4.79 Å². The maximum atomic E-state index is 12.6. The van der Waals surface area contributed by atoms with Crippen molar-refractivity contribution in [3.05, 3.63) is 53.7 Å². The molecule has 0 aliphatic rings. The zero-order valence-corrected chi connectivity index (χ0v) is 14.9. The fourth-order valence-corrected chi connectivity index (χ4v) is 2.99. The van der Waals surface area contributed by atoms with Gasteiger partial charge in [0.15, 0.2) is 6.10 Å². The molecule has 3 rings (SSSR count). The molecule has 0 radical (unpaired) electrons. The van der Waals surface area contributed by atoms with Crippen LogP contribution in [0.4, 0.5) is 0 Å². The van der Waals surface area contributed by atoms with Crippen LogP contribution in [0.15, 0.2) is 52.4 Å². The molecule has 1 unspecified atom stereocenters. The molecule has 0 aliphatic carbocycles. The van der Waals surface area contributed by atoms with Crippen LogP contribution in [0.3, 0.4) is 0 Å². The highest BCUT2D eigenvalue weighted by atomic mass is 32.1. The summed E-state index contributed by atoms with van der Waals surface area (Å²) in [6, 6.07) is 13.1. The van der Waals surface area contributed by atoms with E-state index in [0.29, 0.717) is 24.0 Å². The lowest BCUT2D eigenvalue weighted by molar-refractivity contribution is -0.138. The average Bonchev–Trinajstić information content (AvgIpc) is 3.31. The molecule has 2 aromatic heterocycles. The predicted octanol–water partition coefficient (Wildman–Crippen LogP) is 3.61. The Bertz CT molecular complexity index is 802. The zero-order chi connectivity index (χ0) is 17.6. The summed E-state index contributed by atoms with van der Waals surface area (Å²) < 4.78 is 11.0. The molecule has 0 spiro atoms. The molecule has 1 aromatic carbocycles. The normalized spacial score (nSPS) is 11.9. The Morgan fingerprint density at radius 3 is 2.76 bits per heavy atom. The minimum absolute atomic E-state index is 0.123. The van der Waals surface area contributed by atoms with Gasteiger partial charge in [0, 0.05) is 6.54 Å². The number of likely N-dealkylation sites (N-methyl/N-ethyl adjacent to an activating group) is 1. The molecule has 7 heteroatoms. The van der Waals surface area contributed by atoms with Gasteiger partial charge >= 0.3 is 0 Å². The molecular formula is C18H19N3O3S. The minimum Gasteiger partial charge on any atom is -0.481 e. The fraction of sp³-hybridized carbons (Fsp3) is 0.278. The molecule has 6 nitrogen and oxygen atoms in total. The van der Waals surface area contributed by atoms with Crippen molar-refractivity contribution in [2.75, 3.05) is 6.54 Å². The Morgan fingerprint density at radius 2 is 2.08 bits per heavy atom. The topological polar surface area (TPSA) is 68.5 Å². The average molecular weight is 357 g/mol. The van der Waals surface area contributed by atoms with Gasteiger partial charge < -0.3 is 14.2 Å². The summed E-state index contributed by atoms with van der Waals surface area (Å²) >= 11 is 1.54. The maximum absolute atomic E-state index is 12.6. The summed E-state index contributed by atoms with van der Waals surface area (Å²) in [6.45, 7) is 4.43. The molecule has 0 fully saturated rings. The van der Waals surface area contributed by atoms with Crippen LogP contribution in [0.25, 0.3) is 10.7 Å². The molecule has 25 heavy (non-hydrogen) atoms. The van der Waals surface area contributed by atoms with Gasteiger partial charge in [-0.1, -0.05) is 29.4 Å². The Balaban J connectivity index is 1.64. The Hall–Kier alpha value is -2.67. The highest BCUT2D eigenvalue weighted by molar-refractivity contribution is 7.13. The van der Waals surface area contributed by atoms with Crippen molar-refractivity contribution in [3.63, 3.8) is 0 Å². The van der Waals surface area contributed by atoms with E-state index < -0.39 is 6.10 Å². The van der Waals surface area contributed by atoms with Gasteiger partial charge in [-0.3, -0.25) is 4.79 Å².